The van der Waals surface area contributed by atoms with Crippen LogP contribution in [0, 0.1) is 17.8 Å². The molecule has 1 N–H and O–H groups in total. The van der Waals surface area contributed by atoms with Gasteiger partial charge in [-0.05, 0) is 25.0 Å². The van der Waals surface area contributed by atoms with Crippen molar-refractivity contribution >= 4 is 28.8 Å². The van der Waals surface area contributed by atoms with Crippen LogP contribution >= 0.6 is 0 Å². The van der Waals surface area contributed by atoms with Crippen LogP contribution in [-0.4, -0.2) is 103 Å². The highest BCUT2D eigenvalue weighted by atomic mass is 16.5. The van der Waals surface area contributed by atoms with Crippen molar-refractivity contribution in [3.05, 3.63) is 48.6 Å². The fourth-order valence-electron chi connectivity index (χ4n) is 7.11. The van der Waals surface area contributed by atoms with Crippen LogP contribution in [0.25, 0.3) is 11.0 Å². The third-order valence-corrected chi connectivity index (χ3v) is 9.35. The maximum atomic E-state index is 14.6. The molecule has 1 spiro atoms. The number of rotatable bonds is 6. The molecule has 2 fully saturated rings. The van der Waals surface area contributed by atoms with Crippen molar-refractivity contribution in [3.8, 4) is 0 Å². The van der Waals surface area contributed by atoms with Crippen LogP contribution in [0.5, 0.6) is 0 Å². The first-order valence-corrected chi connectivity index (χ1v) is 14.0. The predicted octanol–water partition coefficient (Wildman–Crippen LogP) is 1.19. The van der Waals surface area contributed by atoms with E-state index < -0.39 is 35.1 Å². The number of carbonyl (C=O) groups is 3. The lowest BCUT2D eigenvalue weighted by Gasteiger charge is -2.41. The molecule has 7 atom stereocenters. The summed E-state index contributed by atoms with van der Waals surface area (Å²) in [6.07, 6.45) is 8.12. The molecule has 2 aromatic rings. The van der Waals surface area contributed by atoms with Gasteiger partial charge in [0.1, 0.15) is 23.8 Å². The summed E-state index contributed by atoms with van der Waals surface area (Å²) in [5.74, 6) is -2.64. The van der Waals surface area contributed by atoms with Crippen molar-refractivity contribution in [1.82, 2.24) is 29.7 Å². The Kier molecular flexibility index (Phi) is 6.34. The van der Waals surface area contributed by atoms with Gasteiger partial charge in [-0.1, -0.05) is 61.9 Å². The number of aliphatic hydroxyl groups is 1. The molecule has 6 rings (SSSR count). The molecule has 4 aliphatic rings. The number of ether oxygens (including phenoxy) is 1. The Balaban J connectivity index is 1.47. The number of carbonyl (C=O) groups excluding carboxylic acids is 3. The molecule has 1 unspecified atom stereocenters. The molecule has 212 valence electrons. The topological polar surface area (TPSA) is 121 Å². The third-order valence-electron chi connectivity index (χ3n) is 9.35. The van der Waals surface area contributed by atoms with Gasteiger partial charge in [0.2, 0.25) is 11.8 Å². The number of aliphatic hydroxyl groups excluding tert-OH is 1. The van der Waals surface area contributed by atoms with E-state index in [9.17, 15) is 19.5 Å². The molecule has 0 radical (unpaired) electrons. The number of likely N-dealkylation sites (tertiary alicyclic amines) is 1. The summed E-state index contributed by atoms with van der Waals surface area (Å²) in [7, 11) is 1.71. The summed E-state index contributed by atoms with van der Waals surface area (Å²) in [4.78, 5) is 47.6. The monoisotopic (exact) mass is 548 g/mol. The van der Waals surface area contributed by atoms with Crippen molar-refractivity contribution in [2.75, 3.05) is 26.7 Å². The van der Waals surface area contributed by atoms with Gasteiger partial charge >= 0.3 is 0 Å². The highest BCUT2D eigenvalue weighted by molar-refractivity contribution is 6.00. The van der Waals surface area contributed by atoms with E-state index in [0.29, 0.717) is 18.5 Å². The second kappa shape index (κ2) is 9.52. The molecule has 4 aliphatic heterocycles. The molecule has 0 saturated carbocycles. The minimum absolute atomic E-state index is 0.0867. The van der Waals surface area contributed by atoms with Crippen LogP contribution in [0.3, 0.4) is 0 Å². The quantitative estimate of drug-likeness (QED) is 0.539. The molecule has 11 heteroatoms. The zero-order valence-electron chi connectivity index (χ0n) is 23.3. The Morgan fingerprint density at radius 2 is 1.82 bits per heavy atom. The van der Waals surface area contributed by atoms with E-state index in [0.717, 1.165) is 5.52 Å². The predicted molar refractivity (Wildman–Crippen MR) is 145 cm³/mol. The van der Waals surface area contributed by atoms with E-state index in [-0.39, 0.29) is 43.5 Å². The van der Waals surface area contributed by atoms with E-state index in [1.165, 1.54) is 4.90 Å². The standard InChI is InChI=1S/C29H36N6O5/c1-5-18(2)21(16-36)35-24-27(39)33(17-34-20-11-7-6-10-19(20)30-31-34)15-9-13-29(24)23(26(35)38)22-25(37)32(4)14-8-12-28(22,3)40-29/h6-13,18,21-24,36H,5,14-17H2,1-4H3/t18-,21-,22-,23-,24?,28+,29-/m0/s1. The van der Waals surface area contributed by atoms with E-state index in [1.807, 2.05) is 69.3 Å². The van der Waals surface area contributed by atoms with Gasteiger partial charge in [-0.3, -0.25) is 14.4 Å². The van der Waals surface area contributed by atoms with Crippen LogP contribution in [0.1, 0.15) is 27.2 Å². The maximum Gasteiger partial charge on any atom is 0.250 e. The van der Waals surface area contributed by atoms with Crippen LogP contribution in [0.2, 0.25) is 0 Å². The Labute approximate surface area is 233 Å². The number of hydrogen-bond donors (Lipinski definition) is 1. The summed E-state index contributed by atoms with van der Waals surface area (Å²) < 4.78 is 8.50. The third kappa shape index (κ3) is 3.67. The average molecular weight is 549 g/mol. The van der Waals surface area contributed by atoms with Gasteiger partial charge in [-0.2, -0.15) is 0 Å². The summed E-state index contributed by atoms with van der Waals surface area (Å²) in [5, 5.41) is 19.0. The first-order chi connectivity index (χ1) is 19.2. The smallest absolute Gasteiger partial charge is 0.250 e. The molecule has 5 heterocycles. The summed E-state index contributed by atoms with van der Waals surface area (Å²) in [5.41, 5.74) is -0.937. The van der Waals surface area contributed by atoms with Crippen molar-refractivity contribution in [2.45, 2.75) is 57.1 Å². The highest BCUT2D eigenvalue weighted by Crippen LogP contribution is 2.58. The van der Waals surface area contributed by atoms with Crippen molar-refractivity contribution < 1.29 is 24.2 Å². The Hall–Kier alpha value is -3.57. The second-order valence-electron chi connectivity index (χ2n) is 11.7. The van der Waals surface area contributed by atoms with Gasteiger partial charge in [-0.25, -0.2) is 4.68 Å². The Morgan fingerprint density at radius 3 is 2.58 bits per heavy atom. The SMILES string of the molecule is CC[C@H](C)[C@H](CO)N1C(=O)[C@@H]2[C@H]3C(=O)N(C)CC=C[C@@]3(C)O[C@@]23C=CCN(Cn2nnc4ccccc42)C(=O)C13. The van der Waals surface area contributed by atoms with E-state index in [4.69, 9.17) is 4.74 Å². The highest BCUT2D eigenvalue weighted by Gasteiger charge is 2.75. The van der Waals surface area contributed by atoms with Crippen LogP contribution < -0.4 is 0 Å². The molecule has 1 aromatic heterocycles. The number of para-hydroxylation sites is 1. The van der Waals surface area contributed by atoms with Crippen molar-refractivity contribution in [2.24, 2.45) is 17.8 Å². The summed E-state index contributed by atoms with van der Waals surface area (Å²) in [6, 6.07) is 5.85. The van der Waals surface area contributed by atoms with Crippen LogP contribution in [0.15, 0.2) is 48.6 Å². The molecule has 3 amide bonds. The van der Waals surface area contributed by atoms with E-state index in [1.54, 1.807) is 21.5 Å². The number of hydrogen-bond acceptors (Lipinski definition) is 7. The lowest BCUT2D eigenvalue weighted by molar-refractivity contribution is -0.157. The maximum absolute atomic E-state index is 14.6. The van der Waals surface area contributed by atoms with Crippen LogP contribution in [-0.2, 0) is 25.8 Å². The number of benzene rings is 1. The largest absolute Gasteiger partial charge is 0.394 e. The number of amides is 3. The van der Waals surface area contributed by atoms with Gasteiger partial charge in [0.15, 0.2) is 0 Å². The number of likely N-dealkylation sites (N-methyl/N-ethyl adjacent to an activating group) is 1. The fourth-order valence-corrected chi connectivity index (χ4v) is 7.11. The number of nitrogens with zero attached hydrogens (tertiary/aromatic N) is 6. The molecular weight excluding hydrogens is 512 g/mol. The van der Waals surface area contributed by atoms with Gasteiger partial charge in [0, 0.05) is 20.1 Å². The van der Waals surface area contributed by atoms with Gasteiger partial charge in [0.25, 0.3) is 5.91 Å². The lowest BCUT2D eigenvalue weighted by atomic mass is 9.74. The second-order valence-corrected chi connectivity index (χ2v) is 11.7. The minimum atomic E-state index is -1.37. The lowest BCUT2D eigenvalue weighted by Crippen LogP contribution is -2.59. The van der Waals surface area contributed by atoms with E-state index in [2.05, 4.69) is 10.3 Å². The van der Waals surface area contributed by atoms with Gasteiger partial charge < -0.3 is 24.5 Å². The van der Waals surface area contributed by atoms with Gasteiger partial charge in [-0.15, -0.1) is 5.10 Å². The number of aromatic nitrogens is 3. The molecular formula is C29H36N6O5. The minimum Gasteiger partial charge on any atom is -0.394 e. The molecule has 11 nitrogen and oxygen atoms in total. The summed E-state index contributed by atoms with van der Waals surface area (Å²) >= 11 is 0. The average Bonchev–Trinajstić information content (AvgIpc) is 3.47. The first kappa shape index (κ1) is 26.6. The van der Waals surface area contributed by atoms with Crippen LogP contribution in [0.4, 0.5) is 0 Å². The zero-order chi connectivity index (χ0) is 28.4. The van der Waals surface area contributed by atoms with Crippen molar-refractivity contribution in [1.29, 1.82) is 0 Å². The summed E-state index contributed by atoms with van der Waals surface area (Å²) in [6.45, 7) is 6.27. The van der Waals surface area contributed by atoms with Crippen molar-refractivity contribution in [3.63, 3.8) is 0 Å². The molecule has 0 aliphatic carbocycles. The molecule has 40 heavy (non-hydrogen) atoms. The molecule has 0 bridgehead atoms. The fraction of sp³-hybridized carbons (Fsp3) is 0.552. The zero-order valence-corrected chi connectivity index (χ0v) is 23.3. The normalized spacial score (nSPS) is 33.2. The Morgan fingerprint density at radius 1 is 1.07 bits per heavy atom. The Bertz CT molecular complexity index is 1420. The molecule has 1 aromatic carbocycles. The van der Waals surface area contributed by atoms with Gasteiger partial charge in [0.05, 0.1) is 35.6 Å². The van der Waals surface area contributed by atoms with E-state index >= 15 is 0 Å². The molecule has 2 saturated heterocycles. The first-order valence-electron chi connectivity index (χ1n) is 14.0. The number of fused-ring (bicyclic) bond motifs is 3.